The van der Waals surface area contributed by atoms with Crippen LogP contribution in [0.3, 0.4) is 0 Å². The topological polar surface area (TPSA) is 34.6 Å². The fourth-order valence-corrected chi connectivity index (χ4v) is 3.33. The van der Waals surface area contributed by atoms with E-state index in [0.29, 0.717) is 12.0 Å². The molecule has 0 aliphatic carbocycles. The third-order valence-electron chi connectivity index (χ3n) is 3.59. The summed E-state index contributed by atoms with van der Waals surface area (Å²) in [6.45, 7) is 5.50. The molecule has 1 saturated heterocycles. The summed E-state index contributed by atoms with van der Waals surface area (Å²) < 4.78 is 12.6. The highest BCUT2D eigenvalue weighted by molar-refractivity contribution is 14.1. The van der Waals surface area contributed by atoms with Crippen molar-refractivity contribution in [2.24, 2.45) is 5.92 Å². The zero-order valence-corrected chi connectivity index (χ0v) is 12.6. The molecule has 0 spiro atoms. The smallest absolute Gasteiger partial charge is 0.175 e. The van der Waals surface area contributed by atoms with Crippen LogP contribution < -0.4 is 9.64 Å². The lowest BCUT2D eigenvalue weighted by atomic mass is 10.1. The second-order valence-electron chi connectivity index (χ2n) is 4.82. The molecule has 1 aromatic heterocycles. The van der Waals surface area contributed by atoms with Gasteiger partial charge in [0.2, 0.25) is 0 Å². The maximum Gasteiger partial charge on any atom is 0.175 e. The maximum atomic E-state index is 5.87. The van der Waals surface area contributed by atoms with Gasteiger partial charge in [0, 0.05) is 25.3 Å². The first-order chi connectivity index (χ1) is 8.79. The van der Waals surface area contributed by atoms with Crippen molar-refractivity contribution in [3.63, 3.8) is 0 Å². The van der Waals surface area contributed by atoms with Crippen LogP contribution >= 0.6 is 22.6 Å². The number of nitrogens with zero attached hydrogens (tertiary/aromatic N) is 2. The molecule has 0 N–H and O–H groups in total. The van der Waals surface area contributed by atoms with E-state index in [-0.39, 0.29) is 0 Å². The highest BCUT2D eigenvalue weighted by Crippen LogP contribution is 2.40. The van der Waals surface area contributed by atoms with Gasteiger partial charge in [0.15, 0.2) is 11.6 Å². The maximum absolute atomic E-state index is 5.87. The highest BCUT2D eigenvalue weighted by Gasteiger charge is 2.38. The van der Waals surface area contributed by atoms with Gasteiger partial charge in [-0.15, -0.1) is 0 Å². The molecule has 0 bridgehead atoms. The molecule has 1 aromatic rings. The zero-order valence-electron chi connectivity index (χ0n) is 10.4. The number of hydrogen-bond acceptors (Lipinski definition) is 4. The number of hydrogen-bond donors (Lipinski definition) is 0. The minimum atomic E-state index is 0.466. The number of rotatable bonds is 3. The van der Waals surface area contributed by atoms with Crippen molar-refractivity contribution in [1.82, 2.24) is 4.98 Å². The SMILES string of the molecule is CCOCC1C[C@@H]2COc3c(I)ccnc3N2C1. The number of fused-ring (bicyclic) bond motifs is 3. The quantitative estimate of drug-likeness (QED) is 0.775. The molecule has 0 saturated carbocycles. The predicted octanol–water partition coefficient (Wildman–Crippen LogP) is 2.31. The summed E-state index contributed by atoms with van der Waals surface area (Å²) >= 11 is 2.31. The van der Waals surface area contributed by atoms with Crippen molar-refractivity contribution < 1.29 is 9.47 Å². The number of pyridine rings is 1. The van der Waals surface area contributed by atoms with E-state index in [1.807, 2.05) is 19.2 Å². The van der Waals surface area contributed by atoms with Crippen molar-refractivity contribution >= 4 is 28.4 Å². The van der Waals surface area contributed by atoms with E-state index >= 15 is 0 Å². The van der Waals surface area contributed by atoms with E-state index in [0.717, 1.165) is 47.9 Å². The molecular weight excluding hydrogens is 343 g/mol. The van der Waals surface area contributed by atoms with Crippen molar-refractivity contribution in [2.75, 3.05) is 31.3 Å². The largest absolute Gasteiger partial charge is 0.486 e. The highest BCUT2D eigenvalue weighted by atomic mass is 127. The Kier molecular flexibility index (Phi) is 3.61. The lowest BCUT2D eigenvalue weighted by Gasteiger charge is -2.32. The molecule has 98 valence electrons. The van der Waals surface area contributed by atoms with Crippen LogP contribution in [0, 0.1) is 9.49 Å². The van der Waals surface area contributed by atoms with Crippen LogP contribution in [-0.4, -0.2) is 37.4 Å². The molecule has 2 atom stereocenters. The molecule has 1 unspecified atom stereocenters. The van der Waals surface area contributed by atoms with E-state index in [1.165, 1.54) is 0 Å². The second kappa shape index (κ2) is 5.21. The molecule has 0 radical (unpaired) electrons. The minimum Gasteiger partial charge on any atom is -0.486 e. The summed E-state index contributed by atoms with van der Waals surface area (Å²) in [6.07, 6.45) is 3.01. The third-order valence-corrected chi connectivity index (χ3v) is 4.44. The summed E-state index contributed by atoms with van der Waals surface area (Å²) in [5, 5.41) is 0. The van der Waals surface area contributed by atoms with Crippen molar-refractivity contribution in [1.29, 1.82) is 0 Å². The predicted molar refractivity (Wildman–Crippen MR) is 78.2 cm³/mol. The number of aromatic nitrogens is 1. The fourth-order valence-electron chi connectivity index (χ4n) is 2.77. The van der Waals surface area contributed by atoms with Gasteiger partial charge >= 0.3 is 0 Å². The van der Waals surface area contributed by atoms with Crippen LogP contribution in [0.4, 0.5) is 5.82 Å². The van der Waals surface area contributed by atoms with Crippen molar-refractivity contribution in [3.05, 3.63) is 15.8 Å². The molecule has 0 amide bonds. The van der Waals surface area contributed by atoms with Gasteiger partial charge in [-0.1, -0.05) is 0 Å². The van der Waals surface area contributed by atoms with Crippen molar-refractivity contribution in [2.45, 2.75) is 19.4 Å². The van der Waals surface area contributed by atoms with E-state index in [9.17, 15) is 0 Å². The molecule has 4 nitrogen and oxygen atoms in total. The third kappa shape index (κ3) is 2.18. The normalized spacial score (nSPS) is 25.6. The van der Waals surface area contributed by atoms with Crippen LogP contribution in [0.1, 0.15) is 13.3 Å². The second-order valence-corrected chi connectivity index (χ2v) is 5.99. The number of anilines is 1. The molecular formula is C13H17IN2O2. The van der Waals surface area contributed by atoms with E-state index in [1.54, 1.807) is 0 Å². The van der Waals surface area contributed by atoms with Gasteiger partial charge in [0.05, 0.1) is 16.2 Å². The Labute approximate surface area is 121 Å². The van der Waals surface area contributed by atoms with Crippen LogP contribution in [0.5, 0.6) is 5.75 Å². The zero-order chi connectivity index (χ0) is 12.5. The van der Waals surface area contributed by atoms with Gasteiger partial charge in [-0.25, -0.2) is 4.98 Å². The van der Waals surface area contributed by atoms with Gasteiger partial charge in [-0.05, 0) is 42.0 Å². The Morgan fingerprint density at radius 2 is 2.50 bits per heavy atom. The monoisotopic (exact) mass is 360 g/mol. The average molecular weight is 360 g/mol. The average Bonchev–Trinajstić information content (AvgIpc) is 2.80. The first-order valence-electron chi connectivity index (χ1n) is 6.41. The van der Waals surface area contributed by atoms with Crippen LogP contribution in [0.15, 0.2) is 12.3 Å². The molecule has 2 aliphatic heterocycles. The molecule has 3 rings (SSSR count). The summed E-state index contributed by atoms with van der Waals surface area (Å²) in [5.41, 5.74) is 0. The Bertz CT molecular complexity index is 441. The first kappa shape index (κ1) is 12.5. The van der Waals surface area contributed by atoms with Crippen LogP contribution in [-0.2, 0) is 4.74 Å². The fraction of sp³-hybridized carbons (Fsp3) is 0.615. The lowest BCUT2D eigenvalue weighted by molar-refractivity contribution is 0.115. The molecule has 1 fully saturated rings. The number of ether oxygens (including phenoxy) is 2. The summed E-state index contributed by atoms with van der Waals surface area (Å²) in [5.74, 6) is 2.56. The molecule has 18 heavy (non-hydrogen) atoms. The van der Waals surface area contributed by atoms with Gasteiger partial charge < -0.3 is 14.4 Å². The molecule has 5 heteroatoms. The lowest BCUT2D eigenvalue weighted by Crippen LogP contribution is -2.39. The Morgan fingerprint density at radius 3 is 3.33 bits per heavy atom. The Morgan fingerprint density at radius 1 is 1.61 bits per heavy atom. The molecule has 2 aliphatic rings. The first-order valence-corrected chi connectivity index (χ1v) is 7.49. The van der Waals surface area contributed by atoms with E-state index in [4.69, 9.17) is 9.47 Å². The van der Waals surface area contributed by atoms with Crippen LogP contribution in [0.25, 0.3) is 0 Å². The van der Waals surface area contributed by atoms with E-state index < -0.39 is 0 Å². The summed E-state index contributed by atoms with van der Waals surface area (Å²) in [4.78, 5) is 6.89. The Balaban J connectivity index is 1.80. The van der Waals surface area contributed by atoms with Gasteiger partial charge in [-0.2, -0.15) is 0 Å². The van der Waals surface area contributed by atoms with Gasteiger partial charge in [0.1, 0.15) is 6.61 Å². The summed E-state index contributed by atoms with van der Waals surface area (Å²) in [7, 11) is 0. The van der Waals surface area contributed by atoms with E-state index in [2.05, 4.69) is 32.5 Å². The molecule has 3 heterocycles. The van der Waals surface area contributed by atoms with Gasteiger partial charge in [-0.3, -0.25) is 0 Å². The standard InChI is InChI=1S/C13H17IN2O2/c1-2-17-7-9-5-10-8-18-12-11(14)3-4-15-13(12)16(10)6-9/h3-4,9-10H,2,5-8H2,1H3/t9?,10-/m1/s1. The van der Waals surface area contributed by atoms with Crippen molar-refractivity contribution in [3.8, 4) is 5.75 Å². The number of halogens is 1. The molecule has 0 aromatic carbocycles. The summed E-state index contributed by atoms with van der Waals surface area (Å²) in [6, 6.07) is 2.46. The Hall–Kier alpha value is -0.560. The van der Waals surface area contributed by atoms with Gasteiger partial charge in [0.25, 0.3) is 0 Å². The minimum absolute atomic E-state index is 0.466. The van der Waals surface area contributed by atoms with Crippen LogP contribution in [0.2, 0.25) is 0 Å².